The van der Waals surface area contributed by atoms with Gasteiger partial charge in [0.05, 0.1) is 11.4 Å². The number of hydrogen-bond acceptors (Lipinski definition) is 3. The van der Waals surface area contributed by atoms with E-state index >= 15 is 0 Å². The van der Waals surface area contributed by atoms with E-state index in [0.29, 0.717) is 18.7 Å². The van der Waals surface area contributed by atoms with Crippen LogP contribution in [0.5, 0.6) is 5.75 Å². The molecular weight excluding hydrogens is 262 g/mol. The highest BCUT2D eigenvalue weighted by molar-refractivity contribution is 7.92. The van der Waals surface area contributed by atoms with E-state index in [4.69, 9.17) is 0 Å². The van der Waals surface area contributed by atoms with Gasteiger partial charge < -0.3 is 5.11 Å². The van der Waals surface area contributed by atoms with Crippen molar-refractivity contribution in [3.63, 3.8) is 0 Å². The molecule has 0 aliphatic rings. The maximum atomic E-state index is 12.4. The molecule has 0 fully saturated rings. The largest absolute Gasteiger partial charge is 0.508 e. The Kier molecular flexibility index (Phi) is 4.85. The molecule has 0 atom stereocenters. The molecule has 0 saturated carbocycles. The Balaban J connectivity index is 2.96. The summed E-state index contributed by atoms with van der Waals surface area (Å²) < 4.78 is 26.1. The van der Waals surface area contributed by atoms with Crippen molar-refractivity contribution < 1.29 is 13.5 Å². The van der Waals surface area contributed by atoms with Gasteiger partial charge in [0.1, 0.15) is 5.75 Å². The molecule has 1 aromatic rings. The second-order valence-electron chi connectivity index (χ2n) is 5.81. The van der Waals surface area contributed by atoms with Crippen molar-refractivity contribution in [1.29, 1.82) is 0 Å². The number of phenolic OH excluding ortho intramolecular Hbond substituents is 1. The third kappa shape index (κ3) is 4.74. The van der Waals surface area contributed by atoms with Crippen LogP contribution in [-0.2, 0) is 10.0 Å². The Hall–Kier alpha value is -1.23. The van der Waals surface area contributed by atoms with Crippen LogP contribution in [0.4, 0.5) is 5.69 Å². The Bertz CT molecular complexity index is 518. The molecule has 0 aromatic heterocycles. The van der Waals surface area contributed by atoms with Crippen LogP contribution in [0.3, 0.4) is 0 Å². The quantitative estimate of drug-likeness (QED) is 0.904. The van der Waals surface area contributed by atoms with Gasteiger partial charge in [-0.1, -0.05) is 26.8 Å². The molecule has 19 heavy (non-hydrogen) atoms. The van der Waals surface area contributed by atoms with Crippen LogP contribution in [0.25, 0.3) is 0 Å². The maximum Gasteiger partial charge on any atom is 0.235 e. The highest BCUT2D eigenvalue weighted by atomic mass is 32.2. The summed E-state index contributed by atoms with van der Waals surface area (Å²) in [5, 5.41) is 9.46. The summed E-state index contributed by atoms with van der Waals surface area (Å²) in [6.45, 7) is 8.21. The van der Waals surface area contributed by atoms with Gasteiger partial charge in [-0.05, 0) is 30.9 Å². The molecule has 1 aromatic carbocycles. The average molecular weight is 285 g/mol. The molecule has 0 aliphatic carbocycles. The monoisotopic (exact) mass is 285 g/mol. The average Bonchev–Trinajstić information content (AvgIpc) is 2.26. The summed E-state index contributed by atoms with van der Waals surface area (Å²) in [5.41, 5.74) is 0.488. The first-order chi connectivity index (χ1) is 8.65. The lowest BCUT2D eigenvalue weighted by Crippen LogP contribution is -2.34. The molecule has 0 saturated heterocycles. The fourth-order valence-corrected chi connectivity index (χ4v) is 3.65. The summed E-state index contributed by atoms with van der Waals surface area (Å²) in [4.78, 5) is 0. The summed E-state index contributed by atoms with van der Waals surface area (Å²) in [7, 11) is -3.35. The maximum absolute atomic E-state index is 12.4. The van der Waals surface area contributed by atoms with Gasteiger partial charge in [0.15, 0.2) is 0 Å². The van der Waals surface area contributed by atoms with Crippen molar-refractivity contribution in [2.75, 3.05) is 16.6 Å². The van der Waals surface area contributed by atoms with Gasteiger partial charge in [-0.15, -0.1) is 0 Å². The van der Waals surface area contributed by atoms with E-state index < -0.39 is 10.0 Å². The number of aromatic hydroxyl groups is 1. The number of anilines is 1. The standard InChI is InChI=1S/C14H23NO3S/c1-5-15(12-7-6-8-13(16)11-12)19(17,18)10-9-14(2,3)4/h6-8,11,16H,5,9-10H2,1-4H3. The van der Waals surface area contributed by atoms with E-state index in [9.17, 15) is 13.5 Å². The Morgan fingerprint density at radius 2 is 1.89 bits per heavy atom. The van der Waals surface area contributed by atoms with Crippen molar-refractivity contribution in [3.05, 3.63) is 24.3 Å². The van der Waals surface area contributed by atoms with E-state index in [2.05, 4.69) is 0 Å². The van der Waals surface area contributed by atoms with Crippen LogP contribution in [0, 0.1) is 5.41 Å². The molecule has 0 radical (unpaired) electrons. The summed E-state index contributed by atoms with van der Waals surface area (Å²) in [6.07, 6.45) is 0.602. The van der Waals surface area contributed by atoms with Crippen LogP contribution in [0.2, 0.25) is 0 Å². The van der Waals surface area contributed by atoms with Crippen LogP contribution in [0.1, 0.15) is 34.1 Å². The van der Waals surface area contributed by atoms with E-state index in [1.807, 2.05) is 20.8 Å². The molecule has 0 amide bonds. The zero-order chi connectivity index (χ0) is 14.7. The lowest BCUT2D eigenvalue weighted by molar-refractivity contribution is 0.397. The molecule has 0 heterocycles. The molecular formula is C14H23NO3S. The molecule has 108 valence electrons. The number of nitrogens with zero attached hydrogens (tertiary/aromatic N) is 1. The summed E-state index contributed by atoms with van der Waals surface area (Å²) >= 11 is 0. The highest BCUT2D eigenvalue weighted by Gasteiger charge is 2.23. The van der Waals surface area contributed by atoms with Gasteiger partial charge in [0.2, 0.25) is 10.0 Å². The Morgan fingerprint density at radius 1 is 1.26 bits per heavy atom. The van der Waals surface area contributed by atoms with Crippen molar-refractivity contribution >= 4 is 15.7 Å². The molecule has 0 spiro atoms. The smallest absolute Gasteiger partial charge is 0.235 e. The van der Waals surface area contributed by atoms with Crippen molar-refractivity contribution in [2.45, 2.75) is 34.1 Å². The first kappa shape index (κ1) is 15.8. The molecule has 0 aliphatic heterocycles. The van der Waals surface area contributed by atoms with Crippen LogP contribution in [-0.4, -0.2) is 25.8 Å². The Labute approximate surface area is 116 Å². The predicted molar refractivity (Wildman–Crippen MR) is 79.0 cm³/mol. The number of rotatable bonds is 5. The third-order valence-electron chi connectivity index (χ3n) is 2.85. The highest BCUT2D eigenvalue weighted by Crippen LogP contribution is 2.25. The predicted octanol–water partition coefficient (Wildman–Crippen LogP) is 2.98. The second-order valence-corrected chi connectivity index (χ2v) is 7.82. The molecule has 1 rings (SSSR count). The summed E-state index contributed by atoms with van der Waals surface area (Å²) in [5.74, 6) is 0.182. The minimum absolute atomic E-state index is 0.0225. The van der Waals surface area contributed by atoms with Crippen LogP contribution < -0.4 is 4.31 Å². The zero-order valence-corrected chi connectivity index (χ0v) is 12.9. The molecule has 1 N–H and O–H groups in total. The second kappa shape index (κ2) is 5.82. The number of hydrogen-bond donors (Lipinski definition) is 1. The van der Waals surface area contributed by atoms with E-state index in [1.165, 1.54) is 16.4 Å². The van der Waals surface area contributed by atoms with Gasteiger partial charge in [0, 0.05) is 12.6 Å². The van der Waals surface area contributed by atoms with Crippen molar-refractivity contribution in [2.24, 2.45) is 5.41 Å². The van der Waals surface area contributed by atoms with Gasteiger partial charge in [-0.25, -0.2) is 8.42 Å². The van der Waals surface area contributed by atoms with Crippen molar-refractivity contribution in [1.82, 2.24) is 0 Å². The fraction of sp³-hybridized carbons (Fsp3) is 0.571. The molecule has 4 nitrogen and oxygen atoms in total. The minimum Gasteiger partial charge on any atom is -0.508 e. The van der Waals surface area contributed by atoms with Gasteiger partial charge in [0.25, 0.3) is 0 Å². The third-order valence-corrected chi connectivity index (χ3v) is 4.71. The normalized spacial score (nSPS) is 12.4. The SMILES string of the molecule is CCN(c1cccc(O)c1)S(=O)(=O)CCC(C)(C)C. The van der Waals surface area contributed by atoms with Crippen LogP contribution >= 0.6 is 0 Å². The van der Waals surface area contributed by atoms with E-state index in [-0.39, 0.29) is 16.9 Å². The van der Waals surface area contributed by atoms with E-state index in [0.717, 1.165) is 0 Å². The molecule has 0 unspecified atom stereocenters. The molecule has 5 heteroatoms. The number of benzene rings is 1. The van der Waals surface area contributed by atoms with E-state index in [1.54, 1.807) is 19.1 Å². The van der Waals surface area contributed by atoms with Crippen LogP contribution in [0.15, 0.2) is 24.3 Å². The first-order valence-electron chi connectivity index (χ1n) is 6.45. The van der Waals surface area contributed by atoms with Gasteiger partial charge in [-0.2, -0.15) is 0 Å². The number of sulfonamides is 1. The topological polar surface area (TPSA) is 57.6 Å². The molecule has 0 bridgehead atoms. The lowest BCUT2D eigenvalue weighted by atomic mass is 9.94. The fourth-order valence-electron chi connectivity index (χ4n) is 1.73. The first-order valence-corrected chi connectivity index (χ1v) is 8.06. The van der Waals surface area contributed by atoms with Gasteiger partial charge >= 0.3 is 0 Å². The lowest BCUT2D eigenvalue weighted by Gasteiger charge is -2.25. The number of phenols is 1. The summed E-state index contributed by atoms with van der Waals surface area (Å²) in [6, 6.07) is 6.34. The zero-order valence-electron chi connectivity index (χ0n) is 12.0. The van der Waals surface area contributed by atoms with Gasteiger partial charge in [-0.3, -0.25) is 4.31 Å². The Morgan fingerprint density at radius 3 is 2.37 bits per heavy atom. The van der Waals surface area contributed by atoms with Crippen molar-refractivity contribution in [3.8, 4) is 5.75 Å². The minimum atomic E-state index is -3.35.